The van der Waals surface area contributed by atoms with Crippen LogP contribution >= 0.6 is 46.4 Å². The van der Waals surface area contributed by atoms with Crippen LogP contribution in [0.5, 0.6) is 0 Å². The van der Waals surface area contributed by atoms with Crippen LogP contribution in [0, 0.1) is 0 Å². The molecule has 0 fully saturated rings. The van der Waals surface area contributed by atoms with E-state index in [4.69, 9.17) is 46.4 Å². The Morgan fingerprint density at radius 2 is 1.60 bits per heavy atom. The molecule has 4 heteroatoms. The lowest BCUT2D eigenvalue weighted by Gasteiger charge is -2.04. The van der Waals surface area contributed by atoms with E-state index in [-0.39, 0.29) is 10.2 Å². The Morgan fingerprint density at radius 1 is 1.00 bits per heavy atom. The minimum Gasteiger partial charge on any atom is -0.125 e. The maximum absolute atomic E-state index is 5.73. The highest BCUT2D eigenvalue weighted by atomic mass is 35.5. The quantitative estimate of drug-likeness (QED) is 0.622. The summed E-state index contributed by atoms with van der Waals surface area (Å²) in [6, 6.07) is 0. The average molecular weight is 224 g/mol. The normalized spacial score (nSPS) is 14.1. The summed E-state index contributed by atoms with van der Waals surface area (Å²) in [7, 11) is 0. The first kappa shape index (κ1) is 11.2. The lowest BCUT2D eigenvalue weighted by Crippen LogP contribution is -2.00. The molecule has 0 amide bonds. The van der Waals surface area contributed by atoms with Crippen LogP contribution in [0.4, 0.5) is 0 Å². The van der Waals surface area contributed by atoms with Gasteiger partial charge in [0, 0.05) is 11.3 Å². The summed E-state index contributed by atoms with van der Waals surface area (Å²) in [6.07, 6.45) is 2.63. The molecular weight excluding hydrogens is 214 g/mol. The Labute approximate surface area is 81.8 Å². The maximum atomic E-state index is 5.73. The van der Waals surface area contributed by atoms with Gasteiger partial charge in [0.25, 0.3) is 0 Å². The number of hydrogen-bond donors (Lipinski definition) is 0. The maximum Gasteiger partial charge on any atom is 0.107 e. The molecule has 1 atom stereocenters. The van der Waals surface area contributed by atoms with Crippen molar-refractivity contribution >= 4 is 46.4 Å². The lowest BCUT2D eigenvalue weighted by molar-refractivity contribution is 0.700. The zero-order valence-corrected chi connectivity index (χ0v) is 8.52. The van der Waals surface area contributed by atoms with Crippen LogP contribution in [0.3, 0.4) is 0 Å². The van der Waals surface area contributed by atoms with Crippen LogP contribution in [0.15, 0.2) is 0 Å². The van der Waals surface area contributed by atoms with Crippen molar-refractivity contribution in [2.45, 2.75) is 29.5 Å². The first-order valence-electron chi connectivity index (χ1n) is 3.15. The molecule has 0 saturated carbocycles. The number of hydrogen-bond acceptors (Lipinski definition) is 0. The molecule has 0 heterocycles. The van der Waals surface area contributed by atoms with Crippen molar-refractivity contribution in [3.63, 3.8) is 0 Å². The van der Waals surface area contributed by atoms with Crippen molar-refractivity contribution in [1.29, 1.82) is 0 Å². The minimum atomic E-state index is -0.265. The molecule has 0 rings (SSSR count). The van der Waals surface area contributed by atoms with Gasteiger partial charge in [0.2, 0.25) is 0 Å². The van der Waals surface area contributed by atoms with Crippen LogP contribution in [-0.2, 0) is 0 Å². The Balaban J connectivity index is 3.03. The molecule has 0 aliphatic carbocycles. The third-order valence-corrected chi connectivity index (χ3v) is 2.45. The van der Waals surface area contributed by atoms with Gasteiger partial charge in [-0.2, -0.15) is 0 Å². The smallest absolute Gasteiger partial charge is 0.107 e. The van der Waals surface area contributed by atoms with Crippen LogP contribution in [0.1, 0.15) is 19.3 Å². The van der Waals surface area contributed by atoms with Crippen molar-refractivity contribution in [2.24, 2.45) is 0 Å². The summed E-state index contributed by atoms with van der Waals surface area (Å²) in [6.45, 7) is 0. The van der Waals surface area contributed by atoms with E-state index in [0.29, 0.717) is 5.88 Å². The average Bonchev–Trinajstić information content (AvgIpc) is 1.87. The van der Waals surface area contributed by atoms with Gasteiger partial charge in [-0.3, -0.25) is 0 Å². The predicted molar refractivity (Wildman–Crippen MR) is 49.7 cm³/mol. The van der Waals surface area contributed by atoms with Crippen LogP contribution in [-0.4, -0.2) is 16.1 Å². The molecule has 0 saturated heterocycles. The zero-order chi connectivity index (χ0) is 7.98. The third kappa shape index (κ3) is 7.27. The summed E-state index contributed by atoms with van der Waals surface area (Å²) in [5, 5.41) is 0.0637. The highest BCUT2D eigenvalue weighted by Crippen LogP contribution is 2.15. The van der Waals surface area contributed by atoms with Crippen molar-refractivity contribution in [3.05, 3.63) is 0 Å². The molecule has 0 radical (unpaired) electrons. The largest absolute Gasteiger partial charge is 0.125 e. The molecule has 10 heavy (non-hydrogen) atoms. The fraction of sp³-hybridized carbons (Fsp3) is 1.00. The Morgan fingerprint density at radius 3 is 2.00 bits per heavy atom. The second-order valence-corrected chi connectivity index (χ2v) is 4.28. The Bertz CT molecular complexity index is 74.1. The van der Waals surface area contributed by atoms with Crippen molar-refractivity contribution in [2.75, 3.05) is 5.88 Å². The number of halogens is 4. The second-order valence-electron chi connectivity index (χ2n) is 2.07. The Hall–Kier alpha value is 1.16. The second kappa shape index (κ2) is 6.84. The minimum absolute atomic E-state index is 0.0637. The van der Waals surface area contributed by atoms with Gasteiger partial charge in [-0.25, -0.2) is 0 Å². The predicted octanol–water partition coefficient (Wildman–Crippen LogP) is 3.81. The van der Waals surface area contributed by atoms with Gasteiger partial charge in [0.1, 0.15) is 4.84 Å². The highest BCUT2D eigenvalue weighted by molar-refractivity contribution is 6.44. The fourth-order valence-electron chi connectivity index (χ4n) is 0.571. The van der Waals surface area contributed by atoms with Gasteiger partial charge in [0.15, 0.2) is 0 Å². The summed E-state index contributed by atoms with van der Waals surface area (Å²) in [5.41, 5.74) is 0. The molecule has 0 aromatic heterocycles. The number of rotatable bonds is 5. The summed E-state index contributed by atoms with van der Waals surface area (Å²) in [4.78, 5) is -0.265. The molecule has 1 unspecified atom stereocenters. The molecule has 0 nitrogen and oxygen atoms in total. The monoisotopic (exact) mass is 222 g/mol. The van der Waals surface area contributed by atoms with E-state index in [1.54, 1.807) is 0 Å². The van der Waals surface area contributed by atoms with Gasteiger partial charge in [0.05, 0.1) is 0 Å². The standard InChI is InChI=1S/C6H10Cl4/c7-4-5(8)2-1-3-6(9)10/h5-6H,1-4H2. The summed E-state index contributed by atoms with van der Waals surface area (Å²) < 4.78 is 0. The molecule has 0 bridgehead atoms. The van der Waals surface area contributed by atoms with E-state index >= 15 is 0 Å². The first-order valence-corrected chi connectivity index (χ1v) is 4.99. The number of alkyl halides is 4. The molecule has 62 valence electrons. The van der Waals surface area contributed by atoms with E-state index in [2.05, 4.69) is 0 Å². The van der Waals surface area contributed by atoms with Crippen molar-refractivity contribution < 1.29 is 0 Å². The van der Waals surface area contributed by atoms with Crippen molar-refractivity contribution in [1.82, 2.24) is 0 Å². The molecule has 0 spiro atoms. The molecule has 0 aromatic rings. The van der Waals surface area contributed by atoms with E-state index in [1.807, 2.05) is 0 Å². The highest BCUT2D eigenvalue weighted by Gasteiger charge is 2.03. The molecule has 0 aliphatic heterocycles. The van der Waals surface area contributed by atoms with Gasteiger partial charge in [-0.1, -0.05) is 0 Å². The molecule has 0 aliphatic rings. The first-order chi connectivity index (χ1) is 4.66. The zero-order valence-electron chi connectivity index (χ0n) is 5.49. The van der Waals surface area contributed by atoms with Crippen LogP contribution < -0.4 is 0 Å². The van der Waals surface area contributed by atoms with Gasteiger partial charge in [-0.15, -0.1) is 46.4 Å². The van der Waals surface area contributed by atoms with Gasteiger partial charge < -0.3 is 0 Å². The molecular formula is C6H10Cl4. The third-order valence-electron chi connectivity index (χ3n) is 1.11. The van der Waals surface area contributed by atoms with Gasteiger partial charge >= 0.3 is 0 Å². The van der Waals surface area contributed by atoms with E-state index in [9.17, 15) is 0 Å². The summed E-state index contributed by atoms with van der Waals surface area (Å²) >= 11 is 22.2. The van der Waals surface area contributed by atoms with Crippen molar-refractivity contribution in [3.8, 4) is 0 Å². The topological polar surface area (TPSA) is 0 Å². The van der Waals surface area contributed by atoms with Crippen LogP contribution in [0.2, 0.25) is 0 Å². The fourth-order valence-corrected chi connectivity index (χ4v) is 1.19. The summed E-state index contributed by atoms with van der Waals surface area (Å²) in [5.74, 6) is 0.497. The van der Waals surface area contributed by atoms with E-state index in [1.165, 1.54) is 0 Å². The van der Waals surface area contributed by atoms with Gasteiger partial charge in [-0.05, 0) is 19.3 Å². The Kier molecular flexibility index (Phi) is 7.64. The van der Waals surface area contributed by atoms with Crippen LogP contribution in [0.25, 0.3) is 0 Å². The molecule has 0 aromatic carbocycles. The van der Waals surface area contributed by atoms with E-state index < -0.39 is 0 Å². The SMILES string of the molecule is ClCC(Cl)CCCC(Cl)Cl. The molecule has 0 N–H and O–H groups in total. The lowest BCUT2D eigenvalue weighted by atomic mass is 10.2. The van der Waals surface area contributed by atoms with E-state index in [0.717, 1.165) is 19.3 Å².